The average molecular weight is 363 g/mol. The van der Waals surface area contributed by atoms with Crippen molar-refractivity contribution in [3.63, 3.8) is 0 Å². The fourth-order valence-electron chi connectivity index (χ4n) is 2.38. The summed E-state index contributed by atoms with van der Waals surface area (Å²) in [7, 11) is 0. The normalized spacial score (nSPS) is 9.92. The number of ether oxygens (including phenoxy) is 1. The second-order valence-electron chi connectivity index (χ2n) is 5.58. The van der Waals surface area contributed by atoms with Crippen LogP contribution < -0.4 is 4.74 Å². The molecular weight excluding hydrogens is 347 g/mol. The van der Waals surface area contributed by atoms with Crippen molar-refractivity contribution in [2.75, 3.05) is 6.61 Å². The van der Waals surface area contributed by atoms with Crippen LogP contribution in [0.3, 0.4) is 0 Å². The topological polar surface area (TPSA) is 9.23 Å². The Bertz CT molecular complexity index is 964. The zero-order valence-electron chi connectivity index (χ0n) is 14.0. The summed E-state index contributed by atoms with van der Waals surface area (Å²) < 4.78 is 19.2. The maximum absolute atomic E-state index is 13.7. The summed E-state index contributed by atoms with van der Waals surface area (Å²) >= 11 is 5.74. The highest BCUT2D eigenvalue weighted by atomic mass is 35.5. The zero-order valence-corrected chi connectivity index (χ0v) is 14.8. The van der Waals surface area contributed by atoms with E-state index in [2.05, 4.69) is 18.4 Å². The molecule has 0 amide bonds. The highest BCUT2D eigenvalue weighted by Gasteiger charge is 2.01. The van der Waals surface area contributed by atoms with Gasteiger partial charge in [0.1, 0.15) is 18.2 Å². The minimum absolute atomic E-state index is 0.327. The van der Waals surface area contributed by atoms with Crippen LogP contribution >= 0.6 is 11.6 Å². The number of hydrogen-bond acceptors (Lipinski definition) is 1. The van der Waals surface area contributed by atoms with Gasteiger partial charge >= 0.3 is 0 Å². The number of hydrogen-bond donors (Lipinski definition) is 0. The van der Waals surface area contributed by atoms with E-state index in [0.29, 0.717) is 17.2 Å². The Hall–Kier alpha value is -3.02. The predicted octanol–water partition coefficient (Wildman–Crippen LogP) is 6.11. The summed E-state index contributed by atoms with van der Waals surface area (Å²) in [6, 6.07) is 20.1. The molecule has 0 spiro atoms. The number of halogens is 2. The standard InChI is InChI=1S/C23H16ClFO/c1-2-15-26-22-13-10-19(11-14-22)18-6-3-17(4-7-18)5-8-20-9-12-21(24)16-23(20)25/h2-4,6-7,9-14,16H,1,15H2. The first-order valence-electron chi connectivity index (χ1n) is 8.07. The molecule has 128 valence electrons. The quantitative estimate of drug-likeness (QED) is 0.402. The first-order chi connectivity index (χ1) is 12.7. The van der Waals surface area contributed by atoms with Gasteiger partial charge in [-0.25, -0.2) is 4.39 Å². The van der Waals surface area contributed by atoms with Crippen molar-refractivity contribution in [2.45, 2.75) is 0 Å². The smallest absolute Gasteiger partial charge is 0.140 e. The van der Waals surface area contributed by atoms with E-state index in [1.807, 2.05) is 48.5 Å². The van der Waals surface area contributed by atoms with Crippen molar-refractivity contribution in [1.29, 1.82) is 0 Å². The van der Waals surface area contributed by atoms with Crippen molar-refractivity contribution < 1.29 is 9.13 Å². The van der Waals surface area contributed by atoms with Crippen LogP contribution in [0, 0.1) is 17.7 Å². The van der Waals surface area contributed by atoms with E-state index in [1.165, 1.54) is 6.07 Å². The number of rotatable bonds is 4. The molecule has 0 unspecified atom stereocenters. The van der Waals surface area contributed by atoms with Gasteiger partial charge in [-0.15, -0.1) is 0 Å². The molecule has 0 aliphatic rings. The molecule has 0 N–H and O–H groups in total. The van der Waals surface area contributed by atoms with Crippen LogP contribution in [0.5, 0.6) is 5.75 Å². The third-order valence-electron chi connectivity index (χ3n) is 3.71. The molecule has 3 rings (SSSR count). The molecule has 0 fully saturated rings. The molecule has 0 aromatic heterocycles. The first-order valence-corrected chi connectivity index (χ1v) is 8.45. The summed E-state index contributed by atoms with van der Waals surface area (Å²) in [5.41, 5.74) is 3.30. The molecule has 0 atom stereocenters. The average Bonchev–Trinajstić information content (AvgIpc) is 2.66. The van der Waals surface area contributed by atoms with Crippen LogP contribution in [-0.4, -0.2) is 6.61 Å². The van der Waals surface area contributed by atoms with Crippen molar-refractivity contribution in [3.8, 4) is 28.7 Å². The Kier molecular flexibility index (Phi) is 5.73. The lowest BCUT2D eigenvalue weighted by molar-refractivity contribution is 0.363. The van der Waals surface area contributed by atoms with E-state index >= 15 is 0 Å². The molecule has 0 heterocycles. The fraction of sp³-hybridized carbons (Fsp3) is 0.0435. The predicted molar refractivity (Wildman–Crippen MR) is 105 cm³/mol. The largest absolute Gasteiger partial charge is 0.490 e. The van der Waals surface area contributed by atoms with Crippen LogP contribution in [0.2, 0.25) is 5.02 Å². The molecule has 0 bridgehead atoms. The summed E-state index contributed by atoms with van der Waals surface area (Å²) in [6.07, 6.45) is 1.71. The van der Waals surface area contributed by atoms with Gasteiger partial charge in [0.2, 0.25) is 0 Å². The van der Waals surface area contributed by atoms with E-state index in [4.69, 9.17) is 16.3 Å². The minimum atomic E-state index is -0.416. The van der Waals surface area contributed by atoms with Gasteiger partial charge in [0.15, 0.2) is 0 Å². The molecule has 0 aliphatic carbocycles. The lowest BCUT2D eigenvalue weighted by atomic mass is 10.0. The molecular formula is C23H16ClFO. The summed E-state index contributed by atoms with van der Waals surface area (Å²) in [5.74, 6) is 6.19. The summed E-state index contributed by atoms with van der Waals surface area (Å²) in [4.78, 5) is 0. The van der Waals surface area contributed by atoms with E-state index in [1.54, 1.807) is 18.2 Å². The molecule has 0 saturated heterocycles. The molecule has 26 heavy (non-hydrogen) atoms. The molecule has 0 radical (unpaired) electrons. The lowest BCUT2D eigenvalue weighted by Crippen LogP contribution is -1.92. The molecule has 0 aliphatic heterocycles. The maximum atomic E-state index is 13.7. The molecule has 0 saturated carbocycles. The van der Waals surface area contributed by atoms with Crippen molar-refractivity contribution in [2.24, 2.45) is 0 Å². The van der Waals surface area contributed by atoms with Gasteiger partial charge in [-0.3, -0.25) is 0 Å². The van der Waals surface area contributed by atoms with Crippen LogP contribution in [0.4, 0.5) is 4.39 Å². The summed E-state index contributed by atoms with van der Waals surface area (Å²) in [5, 5.41) is 0.360. The van der Waals surface area contributed by atoms with Crippen LogP contribution in [0.1, 0.15) is 11.1 Å². The SMILES string of the molecule is C=CCOc1ccc(-c2ccc(C#Cc3ccc(Cl)cc3F)cc2)cc1. The third-order valence-corrected chi connectivity index (χ3v) is 3.95. The Morgan fingerprint density at radius 2 is 1.58 bits per heavy atom. The maximum Gasteiger partial charge on any atom is 0.140 e. The van der Waals surface area contributed by atoms with Gasteiger partial charge in [-0.05, 0) is 53.6 Å². The van der Waals surface area contributed by atoms with Gasteiger partial charge in [0, 0.05) is 10.6 Å². The van der Waals surface area contributed by atoms with Crippen molar-refractivity contribution in [1.82, 2.24) is 0 Å². The third kappa shape index (κ3) is 4.53. The van der Waals surface area contributed by atoms with Crippen molar-refractivity contribution >= 4 is 11.6 Å². The van der Waals surface area contributed by atoms with E-state index in [0.717, 1.165) is 22.4 Å². The van der Waals surface area contributed by atoms with Crippen LogP contribution in [0.15, 0.2) is 79.4 Å². The first kappa shape index (κ1) is 17.8. The number of benzene rings is 3. The van der Waals surface area contributed by atoms with Gasteiger partial charge in [-0.2, -0.15) is 0 Å². The molecule has 3 aromatic carbocycles. The van der Waals surface area contributed by atoms with Crippen molar-refractivity contribution in [3.05, 3.63) is 101 Å². The fourth-order valence-corrected chi connectivity index (χ4v) is 2.53. The van der Waals surface area contributed by atoms with Crippen LogP contribution in [0.25, 0.3) is 11.1 Å². The van der Waals surface area contributed by atoms with Gasteiger partial charge in [0.25, 0.3) is 0 Å². The highest BCUT2D eigenvalue weighted by molar-refractivity contribution is 6.30. The van der Waals surface area contributed by atoms with E-state index in [9.17, 15) is 4.39 Å². The second-order valence-corrected chi connectivity index (χ2v) is 6.01. The van der Waals surface area contributed by atoms with Gasteiger partial charge in [-0.1, -0.05) is 60.4 Å². The minimum Gasteiger partial charge on any atom is -0.490 e. The molecule has 3 aromatic rings. The highest BCUT2D eigenvalue weighted by Crippen LogP contribution is 2.23. The monoisotopic (exact) mass is 362 g/mol. The zero-order chi connectivity index (χ0) is 18.4. The molecule has 3 heteroatoms. The van der Waals surface area contributed by atoms with Gasteiger partial charge < -0.3 is 4.74 Å². The second kappa shape index (κ2) is 8.38. The Morgan fingerprint density at radius 3 is 2.19 bits per heavy atom. The van der Waals surface area contributed by atoms with E-state index < -0.39 is 5.82 Å². The lowest BCUT2D eigenvalue weighted by Gasteiger charge is -2.05. The van der Waals surface area contributed by atoms with Gasteiger partial charge in [0.05, 0.1) is 5.56 Å². The van der Waals surface area contributed by atoms with E-state index in [-0.39, 0.29) is 0 Å². The Morgan fingerprint density at radius 1 is 0.923 bits per heavy atom. The molecule has 1 nitrogen and oxygen atoms in total. The Balaban J connectivity index is 1.74. The van der Waals surface area contributed by atoms with Crippen LogP contribution in [-0.2, 0) is 0 Å². The summed E-state index contributed by atoms with van der Waals surface area (Å²) in [6.45, 7) is 4.12. The Labute approximate surface area is 157 Å².